The van der Waals surface area contributed by atoms with Gasteiger partial charge in [0.1, 0.15) is 11.1 Å². The molecule has 0 saturated heterocycles. The van der Waals surface area contributed by atoms with Gasteiger partial charge in [0.15, 0.2) is 10.9 Å². The summed E-state index contributed by atoms with van der Waals surface area (Å²) in [6.07, 6.45) is 4.97. The fourth-order valence-corrected chi connectivity index (χ4v) is 3.02. The van der Waals surface area contributed by atoms with E-state index in [1.165, 1.54) is 22.5 Å². The Kier molecular flexibility index (Phi) is 4.17. The van der Waals surface area contributed by atoms with E-state index in [-0.39, 0.29) is 0 Å². The van der Waals surface area contributed by atoms with Crippen molar-refractivity contribution in [3.8, 4) is 5.75 Å². The minimum absolute atomic E-state index is 0.563. The van der Waals surface area contributed by atoms with Crippen LogP contribution in [-0.4, -0.2) is 4.98 Å². The highest BCUT2D eigenvalue weighted by atomic mass is 32.1. The molecule has 0 aliphatic heterocycles. The first kappa shape index (κ1) is 14.7. The highest BCUT2D eigenvalue weighted by Gasteiger charge is 2.04. The molecule has 1 aliphatic carbocycles. The fourth-order valence-electron chi connectivity index (χ4n) is 2.26. The lowest BCUT2D eigenvalue weighted by molar-refractivity contribution is 0.401. The molecule has 0 fully saturated rings. The van der Waals surface area contributed by atoms with Crippen molar-refractivity contribution >= 4 is 28.3 Å². The maximum atomic E-state index is 5.98. The lowest BCUT2D eigenvalue weighted by Crippen LogP contribution is -2.19. The zero-order valence-electron chi connectivity index (χ0n) is 12.8. The molecule has 1 aromatic heterocycles. The monoisotopic (exact) mass is 310 g/mol. The van der Waals surface area contributed by atoms with Gasteiger partial charge in [0, 0.05) is 6.42 Å². The molecule has 2 aromatic rings. The second-order valence-electron chi connectivity index (χ2n) is 5.38. The molecule has 112 valence electrons. The number of thiazole rings is 1. The molecule has 4 heteroatoms. The second kappa shape index (κ2) is 6.25. The molecule has 0 unspecified atom stereocenters. The lowest BCUT2D eigenvalue weighted by atomic mass is 10.1. The van der Waals surface area contributed by atoms with Crippen molar-refractivity contribution < 1.29 is 4.74 Å². The van der Waals surface area contributed by atoms with Crippen LogP contribution in [0.4, 0.5) is 5.13 Å². The molecule has 0 spiro atoms. The normalized spacial score (nSPS) is 15.4. The van der Waals surface area contributed by atoms with Crippen LogP contribution in [0.15, 0.2) is 29.7 Å². The Hall–Kier alpha value is -2.25. The molecule has 3 nitrogen and oxygen atoms in total. The number of benzene rings is 1. The van der Waals surface area contributed by atoms with Gasteiger partial charge in [-0.2, -0.15) is 0 Å². The van der Waals surface area contributed by atoms with Crippen LogP contribution in [0.2, 0.25) is 0 Å². The Morgan fingerprint density at radius 3 is 2.91 bits per heavy atom. The Bertz CT molecular complexity index is 898. The van der Waals surface area contributed by atoms with Crippen molar-refractivity contribution in [2.45, 2.75) is 33.1 Å². The zero-order valence-corrected chi connectivity index (χ0v) is 13.6. The summed E-state index contributed by atoms with van der Waals surface area (Å²) in [5.41, 5.74) is 14.5. The third kappa shape index (κ3) is 3.32. The van der Waals surface area contributed by atoms with Crippen LogP contribution >= 0.6 is 11.3 Å². The largest absolute Gasteiger partial charge is 0.453 e. The predicted molar refractivity (Wildman–Crippen MR) is 91.1 cm³/mol. The van der Waals surface area contributed by atoms with Crippen molar-refractivity contribution in [3.63, 3.8) is 0 Å². The number of hydrogen-bond acceptors (Lipinski definition) is 4. The molecular formula is C18H18N2OS. The second-order valence-corrected chi connectivity index (χ2v) is 6.44. The summed E-state index contributed by atoms with van der Waals surface area (Å²) in [5.74, 6) is 1.63. The predicted octanol–water partition coefficient (Wildman–Crippen LogP) is 2.80. The number of ether oxygens (including phenoxy) is 1. The summed E-state index contributed by atoms with van der Waals surface area (Å²) in [4.78, 5) is 4.28. The molecule has 2 N–H and O–H groups in total. The first-order chi connectivity index (χ1) is 10.6. The Morgan fingerprint density at radius 1 is 1.23 bits per heavy atom. The van der Waals surface area contributed by atoms with Gasteiger partial charge >= 0.3 is 0 Å². The van der Waals surface area contributed by atoms with E-state index in [9.17, 15) is 0 Å². The third-order valence-electron chi connectivity index (χ3n) is 3.65. The van der Waals surface area contributed by atoms with E-state index in [0.717, 1.165) is 40.7 Å². The number of nitrogens with zero attached hydrogens (tertiary/aromatic N) is 1. The van der Waals surface area contributed by atoms with E-state index < -0.39 is 0 Å². The summed E-state index contributed by atoms with van der Waals surface area (Å²) in [6, 6.07) is 6.11. The number of rotatable bonds is 2. The molecule has 1 aliphatic rings. The number of allylic oxidation sites excluding steroid dienone is 1. The molecule has 0 amide bonds. The van der Waals surface area contributed by atoms with Gasteiger partial charge in [0.2, 0.25) is 0 Å². The van der Waals surface area contributed by atoms with Crippen molar-refractivity contribution in [3.05, 3.63) is 50.7 Å². The Balaban J connectivity index is 2.04. The zero-order chi connectivity index (χ0) is 15.5. The van der Waals surface area contributed by atoms with E-state index in [4.69, 9.17) is 10.5 Å². The summed E-state index contributed by atoms with van der Waals surface area (Å²) >= 11 is 1.49. The van der Waals surface area contributed by atoms with E-state index in [1.54, 1.807) is 0 Å². The third-order valence-corrected chi connectivity index (χ3v) is 4.53. The maximum Gasteiger partial charge on any atom is 0.181 e. The number of nitrogen functional groups attached to an aromatic ring is 1. The van der Waals surface area contributed by atoms with Gasteiger partial charge in [0.05, 0.1) is 4.53 Å². The van der Waals surface area contributed by atoms with Gasteiger partial charge in [-0.05, 0) is 61.4 Å². The fraction of sp³-hybridized carbons (Fsp3) is 0.278. The number of aryl methyl sites for hydroxylation is 2. The van der Waals surface area contributed by atoms with Crippen LogP contribution in [0.3, 0.4) is 0 Å². The molecular weight excluding hydrogens is 292 g/mol. The van der Waals surface area contributed by atoms with Crippen molar-refractivity contribution in [2.75, 3.05) is 5.73 Å². The van der Waals surface area contributed by atoms with Gasteiger partial charge in [-0.15, -0.1) is 0 Å². The summed E-state index contributed by atoms with van der Waals surface area (Å²) in [7, 11) is 0. The number of hydrogen-bond donors (Lipinski definition) is 1. The van der Waals surface area contributed by atoms with Crippen LogP contribution < -0.4 is 20.4 Å². The SMILES string of the molecule is Cc1ccc(OC2=C=C=c3nc(N)s/c3=C\CCC2)cc1C. The van der Waals surface area contributed by atoms with E-state index >= 15 is 0 Å². The van der Waals surface area contributed by atoms with Crippen molar-refractivity contribution in [1.29, 1.82) is 0 Å². The molecule has 22 heavy (non-hydrogen) atoms. The van der Waals surface area contributed by atoms with Crippen molar-refractivity contribution in [2.24, 2.45) is 0 Å². The van der Waals surface area contributed by atoms with Crippen LogP contribution in [0, 0.1) is 13.8 Å². The quantitative estimate of drug-likeness (QED) is 0.868. The van der Waals surface area contributed by atoms with E-state index in [1.807, 2.05) is 6.07 Å². The van der Waals surface area contributed by atoms with Gasteiger partial charge in [-0.1, -0.05) is 23.5 Å². The molecule has 1 heterocycles. The molecule has 0 bridgehead atoms. The average molecular weight is 310 g/mol. The molecule has 0 atom stereocenters. The van der Waals surface area contributed by atoms with Crippen LogP contribution in [0.25, 0.3) is 11.8 Å². The Morgan fingerprint density at radius 2 is 2.09 bits per heavy atom. The van der Waals surface area contributed by atoms with Crippen molar-refractivity contribution in [1.82, 2.24) is 4.98 Å². The minimum Gasteiger partial charge on any atom is -0.453 e. The number of nitrogens with two attached hydrogens (primary N) is 1. The first-order valence-electron chi connectivity index (χ1n) is 7.34. The van der Waals surface area contributed by atoms with E-state index in [0.29, 0.717) is 5.13 Å². The lowest BCUT2D eigenvalue weighted by Gasteiger charge is -2.09. The number of anilines is 1. The van der Waals surface area contributed by atoms with Gasteiger partial charge in [-0.3, -0.25) is 0 Å². The molecule has 3 rings (SSSR count). The molecule has 0 saturated carbocycles. The minimum atomic E-state index is 0.563. The van der Waals surface area contributed by atoms with Gasteiger partial charge < -0.3 is 10.5 Å². The van der Waals surface area contributed by atoms with Gasteiger partial charge in [-0.25, -0.2) is 4.98 Å². The number of fused-ring (bicyclic) bond motifs is 1. The average Bonchev–Trinajstić information content (AvgIpc) is 2.86. The first-order valence-corrected chi connectivity index (χ1v) is 8.16. The van der Waals surface area contributed by atoms with Crippen LogP contribution in [-0.2, 0) is 0 Å². The summed E-state index contributed by atoms with van der Waals surface area (Å²) < 4.78 is 7.04. The molecule has 0 radical (unpaired) electrons. The smallest absolute Gasteiger partial charge is 0.181 e. The Labute approximate surface area is 133 Å². The molecule has 1 aromatic carbocycles. The topological polar surface area (TPSA) is 48.1 Å². The number of aromatic nitrogens is 1. The highest BCUT2D eigenvalue weighted by molar-refractivity contribution is 7.13. The summed E-state index contributed by atoms with van der Waals surface area (Å²) in [6.45, 7) is 4.18. The summed E-state index contributed by atoms with van der Waals surface area (Å²) in [5, 5.41) is 1.32. The maximum absolute atomic E-state index is 5.98. The standard InChI is InChI=1S/C18H18N2OS/c1-12-7-8-15(11-13(12)2)21-14-5-3-4-6-17-16(10-9-14)20-18(19)22-17/h6-8,11H,3-5H2,1-2H3,(H2,19,20)/b16-14?,17-6-. The van der Waals surface area contributed by atoms with Crippen LogP contribution in [0.1, 0.15) is 30.4 Å². The van der Waals surface area contributed by atoms with E-state index in [2.05, 4.69) is 48.5 Å². The van der Waals surface area contributed by atoms with Crippen LogP contribution in [0.5, 0.6) is 5.75 Å². The van der Waals surface area contributed by atoms with Gasteiger partial charge in [0.25, 0.3) is 0 Å². The highest BCUT2D eigenvalue weighted by Crippen LogP contribution is 2.20.